The number of nitrogens with zero attached hydrogens (tertiary/aromatic N) is 1. The van der Waals surface area contributed by atoms with E-state index in [-0.39, 0.29) is 47.9 Å². The van der Waals surface area contributed by atoms with Gasteiger partial charge in [0.25, 0.3) is 11.8 Å². The van der Waals surface area contributed by atoms with Crippen molar-refractivity contribution < 1.29 is 38.8 Å². The summed E-state index contributed by atoms with van der Waals surface area (Å²) in [6.45, 7) is 2.40. The number of carbonyl (C=O) groups excluding carboxylic acids is 3. The van der Waals surface area contributed by atoms with Gasteiger partial charge in [-0.3, -0.25) is 9.59 Å². The second-order valence-electron chi connectivity index (χ2n) is 14.8. The Morgan fingerprint density at radius 1 is 0.958 bits per heavy atom. The number of anilines is 1. The molecule has 2 aromatic rings. The first-order valence-corrected chi connectivity index (χ1v) is 16.9. The molecule has 0 saturated heterocycles. The molecule has 0 aromatic heterocycles. The molecule has 4 aliphatic carbocycles. The van der Waals surface area contributed by atoms with E-state index in [1.165, 1.54) is 30.3 Å². The Kier molecular flexibility index (Phi) is 8.08. The highest BCUT2D eigenvalue weighted by Gasteiger charge is 2.71. The van der Waals surface area contributed by atoms with Crippen molar-refractivity contribution in [1.29, 1.82) is 0 Å². The zero-order valence-corrected chi connectivity index (χ0v) is 27.0. The average Bonchev–Trinajstić information content (AvgIpc) is 3.60. The van der Waals surface area contributed by atoms with Crippen LogP contribution in [0.1, 0.15) is 85.4 Å². The van der Waals surface area contributed by atoms with E-state index in [4.69, 9.17) is 4.74 Å². The number of amides is 2. The molecule has 48 heavy (non-hydrogen) atoms. The third kappa shape index (κ3) is 5.18. The number of aliphatic hydroxyl groups excluding tert-OH is 1. The SMILES string of the molecule is CC12CC[C@H]3[C@@H](CCC4(O)C[C@H](O)CCC34/C=N\NC(=O)c3cccc(NC(=O)c4ccc(F)cc4)c3)C1(O)CCC2C1=CC(=O)OC1. The van der Waals surface area contributed by atoms with Gasteiger partial charge in [-0.25, -0.2) is 14.6 Å². The second kappa shape index (κ2) is 11.9. The van der Waals surface area contributed by atoms with Crippen molar-refractivity contribution in [3.8, 4) is 0 Å². The monoisotopic (exact) mass is 659 g/mol. The number of aliphatic hydroxyl groups is 3. The number of hydrazone groups is 1. The summed E-state index contributed by atoms with van der Waals surface area (Å²) >= 11 is 0. The predicted octanol–water partition coefficient (Wildman–Crippen LogP) is 4.51. The molecular weight excluding hydrogens is 617 g/mol. The number of hydrogen-bond donors (Lipinski definition) is 5. The van der Waals surface area contributed by atoms with Crippen LogP contribution in [0.5, 0.6) is 0 Å². The first kappa shape index (κ1) is 32.6. The van der Waals surface area contributed by atoms with Crippen molar-refractivity contribution in [3.63, 3.8) is 0 Å². The molecule has 10 nitrogen and oxygen atoms in total. The fourth-order valence-corrected chi connectivity index (χ4v) is 10.2. The number of carbonyl (C=O) groups is 3. The molecule has 2 aromatic carbocycles. The van der Waals surface area contributed by atoms with Crippen LogP contribution in [0.2, 0.25) is 0 Å². The minimum absolute atomic E-state index is 0.0315. The first-order chi connectivity index (χ1) is 22.9. The molecule has 254 valence electrons. The average molecular weight is 660 g/mol. The number of cyclic esters (lactones) is 1. The number of nitrogens with one attached hydrogen (secondary N) is 2. The summed E-state index contributed by atoms with van der Waals surface area (Å²) in [7, 11) is 0. The summed E-state index contributed by atoms with van der Waals surface area (Å²) in [6, 6.07) is 11.5. The van der Waals surface area contributed by atoms with Crippen molar-refractivity contribution in [2.45, 2.75) is 82.0 Å². The summed E-state index contributed by atoms with van der Waals surface area (Å²) in [5.74, 6) is -1.99. The highest BCUT2D eigenvalue weighted by molar-refractivity contribution is 6.05. The van der Waals surface area contributed by atoms with E-state index in [1.807, 2.05) is 0 Å². The molecule has 5 N–H and O–H groups in total. The Morgan fingerprint density at radius 2 is 1.73 bits per heavy atom. The van der Waals surface area contributed by atoms with Crippen LogP contribution in [0.15, 0.2) is 65.3 Å². The van der Waals surface area contributed by atoms with Gasteiger partial charge in [0.2, 0.25) is 0 Å². The van der Waals surface area contributed by atoms with Crippen LogP contribution in [0.4, 0.5) is 10.1 Å². The zero-order chi connectivity index (χ0) is 33.9. The molecule has 11 heteroatoms. The fourth-order valence-electron chi connectivity index (χ4n) is 10.2. The van der Waals surface area contributed by atoms with Gasteiger partial charge in [0.15, 0.2) is 0 Å². The molecule has 8 atom stereocenters. The summed E-state index contributed by atoms with van der Waals surface area (Å²) < 4.78 is 18.5. The zero-order valence-electron chi connectivity index (χ0n) is 27.0. The molecule has 0 radical (unpaired) electrons. The molecule has 0 spiro atoms. The number of fused-ring (bicyclic) bond motifs is 5. The number of rotatable bonds is 6. The minimum atomic E-state index is -1.26. The van der Waals surface area contributed by atoms with Crippen molar-refractivity contribution >= 4 is 29.7 Å². The van der Waals surface area contributed by atoms with E-state index in [0.29, 0.717) is 44.2 Å². The normalized spacial score (nSPS) is 37.2. The van der Waals surface area contributed by atoms with Gasteiger partial charge in [0.1, 0.15) is 12.4 Å². The van der Waals surface area contributed by atoms with Crippen molar-refractivity contribution in [2.75, 3.05) is 11.9 Å². The number of benzene rings is 2. The van der Waals surface area contributed by atoms with Gasteiger partial charge in [0.05, 0.1) is 17.3 Å². The number of ether oxygens (including phenoxy) is 1. The Balaban J connectivity index is 1.12. The van der Waals surface area contributed by atoms with Crippen LogP contribution >= 0.6 is 0 Å². The number of hydrogen-bond acceptors (Lipinski definition) is 8. The topological polar surface area (TPSA) is 158 Å². The molecule has 4 fully saturated rings. The van der Waals surface area contributed by atoms with Crippen molar-refractivity contribution in [2.24, 2.45) is 33.7 Å². The number of halogens is 1. The highest BCUT2D eigenvalue weighted by Crippen LogP contribution is 2.70. The Bertz CT molecular complexity index is 1700. The van der Waals surface area contributed by atoms with Gasteiger partial charge >= 0.3 is 5.97 Å². The van der Waals surface area contributed by atoms with E-state index in [2.05, 4.69) is 22.8 Å². The maximum Gasteiger partial charge on any atom is 0.331 e. The molecule has 5 unspecified atom stereocenters. The third-order valence-electron chi connectivity index (χ3n) is 12.6. The lowest BCUT2D eigenvalue weighted by molar-refractivity contribution is -0.237. The number of esters is 1. The Labute approximate surface area is 278 Å². The molecule has 0 bridgehead atoms. The summed E-state index contributed by atoms with van der Waals surface area (Å²) in [4.78, 5) is 37.8. The maximum absolute atomic E-state index is 13.3. The van der Waals surface area contributed by atoms with Crippen LogP contribution in [0.25, 0.3) is 0 Å². The van der Waals surface area contributed by atoms with Crippen LogP contribution in [0.3, 0.4) is 0 Å². The van der Waals surface area contributed by atoms with Crippen LogP contribution in [-0.4, -0.2) is 63.2 Å². The summed E-state index contributed by atoms with van der Waals surface area (Å²) in [5, 5.41) is 42.6. The van der Waals surface area contributed by atoms with Gasteiger partial charge < -0.3 is 25.4 Å². The lowest BCUT2D eigenvalue weighted by atomic mass is 9.41. The summed E-state index contributed by atoms with van der Waals surface area (Å²) in [5.41, 5.74) is 0.839. The quantitative estimate of drug-likeness (QED) is 0.174. The largest absolute Gasteiger partial charge is 0.458 e. The molecule has 4 saturated carbocycles. The second-order valence-corrected chi connectivity index (χ2v) is 14.8. The van der Waals surface area contributed by atoms with Gasteiger partial charge in [-0.05, 0) is 117 Å². The van der Waals surface area contributed by atoms with Gasteiger partial charge in [-0.2, -0.15) is 5.10 Å². The molecule has 2 amide bonds. The van der Waals surface area contributed by atoms with Crippen LogP contribution in [0, 0.1) is 34.4 Å². The van der Waals surface area contributed by atoms with Crippen molar-refractivity contribution in [1.82, 2.24) is 5.43 Å². The molecule has 7 rings (SSSR count). The van der Waals surface area contributed by atoms with E-state index < -0.39 is 45.8 Å². The molecular formula is C37H42FN3O7. The molecule has 1 aliphatic heterocycles. The Morgan fingerprint density at radius 3 is 2.48 bits per heavy atom. The van der Waals surface area contributed by atoms with Crippen molar-refractivity contribution in [3.05, 3.63) is 77.1 Å². The molecule has 5 aliphatic rings. The fraction of sp³-hybridized carbons (Fsp3) is 0.514. The standard InChI is InChI=1S/C37H42FN3O7/c1-34-13-10-29-30(37(34,47)16-12-28(34)24-18-31(43)48-20-24)11-15-36(46)19-27(42)9-14-35(29,36)21-39-41-33(45)23-3-2-4-26(17-23)40-32(44)22-5-7-25(38)8-6-22/h2-8,17-18,21,27-30,42,46-47H,9-16,19-20H2,1H3,(H,40,44)(H,41,45)/b39-21-/t27-,28?,29+,30-,34?,35?,36?,37?/m1/s1. The molecule has 1 heterocycles. The van der Waals surface area contributed by atoms with E-state index in [0.717, 1.165) is 18.4 Å². The third-order valence-corrected chi connectivity index (χ3v) is 12.6. The van der Waals surface area contributed by atoms with E-state index in [1.54, 1.807) is 30.5 Å². The first-order valence-electron chi connectivity index (χ1n) is 16.9. The van der Waals surface area contributed by atoms with Crippen LogP contribution < -0.4 is 10.7 Å². The Hall–Kier alpha value is -3.93. The predicted molar refractivity (Wildman–Crippen MR) is 174 cm³/mol. The van der Waals surface area contributed by atoms with E-state index in [9.17, 15) is 34.1 Å². The van der Waals surface area contributed by atoms with Gasteiger partial charge in [0, 0.05) is 46.4 Å². The smallest absolute Gasteiger partial charge is 0.331 e. The maximum atomic E-state index is 13.3. The van der Waals surface area contributed by atoms with Crippen LogP contribution in [-0.2, 0) is 9.53 Å². The van der Waals surface area contributed by atoms with E-state index >= 15 is 0 Å². The van der Waals surface area contributed by atoms with Gasteiger partial charge in [-0.15, -0.1) is 0 Å². The highest BCUT2D eigenvalue weighted by atomic mass is 19.1. The lowest BCUT2D eigenvalue weighted by Crippen LogP contribution is -2.68. The lowest BCUT2D eigenvalue weighted by Gasteiger charge is -2.65. The van der Waals surface area contributed by atoms with Gasteiger partial charge in [-0.1, -0.05) is 13.0 Å². The minimum Gasteiger partial charge on any atom is -0.458 e. The summed E-state index contributed by atoms with van der Waals surface area (Å²) in [6.07, 6.45) is 7.43.